The summed E-state index contributed by atoms with van der Waals surface area (Å²) in [5.74, 6) is 0.318. The van der Waals surface area contributed by atoms with Crippen molar-refractivity contribution in [3.8, 4) is 0 Å². The average Bonchev–Trinajstić information content (AvgIpc) is 2.04. The first-order valence-electron chi connectivity index (χ1n) is 3.61. The lowest BCUT2D eigenvalue weighted by molar-refractivity contribution is -0.123. The van der Waals surface area contributed by atoms with Crippen molar-refractivity contribution in [2.75, 3.05) is 6.54 Å². The molecule has 1 amide bonds. The van der Waals surface area contributed by atoms with Gasteiger partial charge in [-0.15, -0.1) is 0 Å². The number of aliphatic imine (C=N–C) groups is 1. The van der Waals surface area contributed by atoms with Crippen LogP contribution in [0.5, 0.6) is 0 Å². The van der Waals surface area contributed by atoms with E-state index in [4.69, 9.17) is 0 Å². The predicted octanol–water partition coefficient (Wildman–Crippen LogP) is -0.405. The summed E-state index contributed by atoms with van der Waals surface area (Å²) in [6.45, 7) is 0.728. The molecule has 0 saturated carbocycles. The Bertz CT molecular complexity index is 244. The van der Waals surface area contributed by atoms with E-state index in [2.05, 4.69) is 15.8 Å². The summed E-state index contributed by atoms with van der Waals surface area (Å²) in [6.07, 6.45) is 4.21. The Labute approximate surface area is 64.4 Å². The average molecular weight is 151 g/mol. The SMILES string of the molecule is O=C1CC2CN=CC=C2NN1. The van der Waals surface area contributed by atoms with Crippen LogP contribution in [0.15, 0.2) is 16.8 Å². The van der Waals surface area contributed by atoms with Crippen LogP contribution in [0, 0.1) is 5.92 Å². The van der Waals surface area contributed by atoms with Crippen molar-refractivity contribution >= 4 is 12.1 Å². The van der Waals surface area contributed by atoms with Gasteiger partial charge in [-0.1, -0.05) is 0 Å². The maximum atomic E-state index is 10.9. The van der Waals surface area contributed by atoms with E-state index >= 15 is 0 Å². The van der Waals surface area contributed by atoms with Gasteiger partial charge in [0.15, 0.2) is 0 Å². The van der Waals surface area contributed by atoms with Crippen LogP contribution in [-0.2, 0) is 4.79 Å². The third kappa shape index (κ3) is 1.11. The van der Waals surface area contributed by atoms with Crippen LogP contribution >= 0.6 is 0 Å². The first-order valence-corrected chi connectivity index (χ1v) is 3.61. The zero-order chi connectivity index (χ0) is 7.68. The molecule has 2 aliphatic rings. The molecule has 0 bridgehead atoms. The smallest absolute Gasteiger partial charge is 0.239 e. The zero-order valence-electron chi connectivity index (χ0n) is 6.00. The molecule has 0 radical (unpaired) electrons. The van der Waals surface area contributed by atoms with Gasteiger partial charge in [-0.3, -0.25) is 15.2 Å². The Kier molecular flexibility index (Phi) is 1.38. The van der Waals surface area contributed by atoms with Gasteiger partial charge in [0.05, 0.1) is 0 Å². The Hall–Kier alpha value is -1.32. The zero-order valence-corrected chi connectivity index (χ0v) is 6.00. The molecule has 1 fully saturated rings. The van der Waals surface area contributed by atoms with E-state index in [9.17, 15) is 4.79 Å². The Balaban J connectivity index is 2.16. The molecule has 0 aromatic heterocycles. The molecule has 4 heteroatoms. The molecule has 1 unspecified atom stereocenters. The van der Waals surface area contributed by atoms with Gasteiger partial charge in [0, 0.05) is 30.8 Å². The number of nitrogens with zero attached hydrogens (tertiary/aromatic N) is 1. The quantitative estimate of drug-likeness (QED) is 0.494. The van der Waals surface area contributed by atoms with Gasteiger partial charge >= 0.3 is 0 Å². The van der Waals surface area contributed by atoms with E-state index in [-0.39, 0.29) is 11.8 Å². The maximum Gasteiger partial charge on any atom is 0.239 e. The third-order valence-corrected chi connectivity index (χ3v) is 1.90. The molecule has 11 heavy (non-hydrogen) atoms. The van der Waals surface area contributed by atoms with E-state index < -0.39 is 0 Å². The fourth-order valence-corrected chi connectivity index (χ4v) is 1.29. The van der Waals surface area contributed by atoms with Gasteiger partial charge in [-0.05, 0) is 6.08 Å². The number of nitrogens with one attached hydrogen (secondary N) is 2. The molecule has 58 valence electrons. The van der Waals surface area contributed by atoms with Crippen LogP contribution < -0.4 is 10.9 Å². The molecule has 2 aliphatic heterocycles. The fraction of sp³-hybridized carbons (Fsp3) is 0.429. The largest absolute Gasteiger partial charge is 0.302 e. The molecule has 2 rings (SSSR count). The number of carbonyl (C=O) groups excluding carboxylic acids is 1. The fourth-order valence-electron chi connectivity index (χ4n) is 1.29. The van der Waals surface area contributed by atoms with Crippen LogP contribution in [0.25, 0.3) is 0 Å². The molecule has 2 N–H and O–H groups in total. The summed E-state index contributed by atoms with van der Waals surface area (Å²) in [7, 11) is 0. The second-order valence-corrected chi connectivity index (χ2v) is 2.71. The van der Waals surface area contributed by atoms with Crippen LogP contribution in [-0.4, -0.2) is 18.7 Å². The van der Waals surface area contributed by atoms with Crippen LogP contribution in [0.1, 0.15) is 6.42 Å². The number of carbonyl (C=O) groups is 1. The molecule has 0 spiro atoms. The highest BCUT2D eigenvalue weighted by atomic mass is 16.2. The minimum Gasteiger partial charge on any atom is -0.302 e. The lowest BCUT2D eigenvalue weighted by atomic mass is 9.98. The molecular formula is C7H9N3O. The first-order chi connectivity index (χ1) is 5.36. The number of hydrogen-bond donors (Lipinski definition) is 2. The minimum absolute atomic E-state index is 0.0456. The Morgan fingerprint density at radius 1 is 1.55 bits per heavy atom. The highest BCUT2D eigenvalue weighted by molar-refractivity contribution is 5.80. The topological polar surface area (TPSA) is 53.5 Å². The number of rotatable bonds is 0. The van der Waals surface area contributed by atoms with Crippen LogP contribution in [0.3, 0.4) is 0 Å². The van der Waals surface area contributed by atoms with E-state index in [0.29, 0.717) is 6.42 Å². The minimum atomic E-state index is 0.0456. The monoisotopic (exact) mass is 151 g/mol. The van der Waals surface area contributed by atoms with Gasteiger partial charge in [-0.2, -0.15) is 0 Å². The summed E-state index contributed by atoms with van der Waals surface area (Å²) < 4.78 is 0. The van der Waals surface area contributed by atoms with Crippen LogP contribution in [0.2, 0.25) is 0 Å². The Morgan fingerprint density at radius 3 is 3.36 bits per heavy atom. The highest BCUT2D eigenvalue weighted by Crippen LogP contribution is 2.17. The maximum absolute atomic E-state index is 10.9. The number of allylic oxidation sites excluding steroid dienone is 1. The number of fused-ring (bicyclic) bond motifs is 1. The van der Waals surface area contributed by atoms with Crippen molar-refractivity contribution in [2.45, 2.75) is 6.42 Å². The van der Waals surface area contributed by atoms with E-state index in [1.54, 1.807) is 6.21 Å². The lowest BCUT2D eigenvalue weighted by Gasteiger charge is -2.26. The predicted molar refractivity (Wildman–Crippen MR) is 40.8 cm³/mol. The van der Waals surface area contributed by atoms with Crippen molar-refractivity contribution in [3.05, 3.63) is 11.8 Å². The van der Waals surface area contributed by atoms with Crippen molar-refractivity contribution in [3.63, 3.8) is 0 Å². The number of amides is 1. The molecule has 2 heterocycles. The third-order valence-electron chi connectivity index (χ3n) is 1.90. The summed E-state index contributed by atoms with van der Waals surface area (Å²) >= 11 is 0. The standard InChI is InChI=1S/C7H9N3O/c11-7-3-5-4-8-2-1-6(5)9-10-7/h1-2,5,9H,3-4H2,(H,10,11). The number of dihydropyridines is 1. The van der Waals surface area contributed by atoms with Gasteiger partial charge in [0.25, 0.3) is 0 Å². The summed E-state index contributed by atoms with van der Waals surface area (Å²) in [4.78, 5) is 14.9. The second-order valence-electron chi connectivity index (χ2n) is 2.71. The highest BCUT2D eigenvalue weighted by Gasteiger charge is 2.23. The van der Waals surface area contributed by atoms with Crippen molar-refractivity contribution in [1.29, 1.82) is 0 Å². The van der Waals surface area contributed by atoms with E-state index in [1.165, 1.54) is 0 Å². The number of hydrazine groups is 1. The first kappa shape index (κ1) is 6.39. The lowest BCUT2D eigenvalue weighted by Crippen LogP contribution is -2.46. The molecule has 4 nitrogen and oxygen atoms in total. The summed E-state index contributed by atoms with van der Waals surface area (Å²) in [5, 5.41) is 0. The van der Waals surface area contributed by atoms with Gasteiger partial charge in [0.2, 0.25) is 5.91 Å². The van der Waals surface area contributed by atoms with Crippen molar-refractivity contribution < 1.29 is 4.79 Å². The van der Waals surface area contributed by atoms with Crippen LogP contribution in [0.4, 0.5) is 0 Å². The van der Waals surface area contributed by atoms with Crippen molar-refractivity contribution in [2.24, 2.45) is 10.9 Å². The molecule has 1 saturated heterocycles. The van der Waals surface area contributed by atoms with Crippen molar-refractivity contribution in [1.82, 2.24) is 10.9 Å². The molecule has 0 aromatic carbocycles. The molecule has 0 aliphatic carbocycles. The van der Waals surface area contributed by atoms with Gasteiger partial charge in [-0.25, -0.2) is 0 Å². The molecule has 0 aromatic rings. The Morgan fingerprint density at radius 2 is 2.45 bits per heavy atom. The normalized spacial score (nSPS) is 28.2. The molecular weight excluding hydrogens is 142 g/mol. The summed E-state index contributed by atoms with van der Waals surface area (Å²) in [6, 6.07) is 0. The van der Waals surface area contributed by atoms with Gasteiger partial charge in [0.1, 0.15) is 0 Å². The van der Waals surface area contributed by atoms with E-state index in [0.717, 1.165) is 12.2 Å². The van der Waals surface area contributed by atoms with E-state index in [1.807, 2.05) is 6.08 Å². The molecule has 1 atom stereocenters. The number of hydrogen-bond acceptors (Lipinski definition) is 3. The summed E-state index contributed by atoms with van der Waals surface area (Å²) in [5.41, 5.74) is 6.47. The van der Waals surface area contributed by atoms with Gasteiger partial charge < -0.3 is 5.43 Å². The second kappa shape index (κ2) is 2.38.